The second-order valence-electron chi connectivity index (χ2n) is 6.46. The summed E-state index contributed by atoms with van der Waals surface area (Å²) in [6, 6.07) is 9.72. The Labute approximate surface area is 156 Å². The Morgan fingerprint density at radius 3 is 2.88 bits per heavy atom. The maximum atomic E-state index is 12.5. The Bertz CT molecular complexity index is 783. The van der Waals surface area contributed by atoms with Crippen molar-refractivity contribution >= 4 is 17.7 Å². The molecule has 3 atom stereocenters. The van der Waals surface area contributed by atoms with Gasteiger partial charge in [0.05, 0.1) is 23.9 Å². The third kappa shape index (κ3) is 4.56. The molecule has 2 heterocycles. The maximum absolute atomic E-state index is 12.5. The van der Waals surface area contributed by atoms with Crippen LogP contribution in [0.15, 0.2) is 40.3 Å². The van der Waals surface area contributed by atoms with Crippen molar-refractivity contribution in [1.29, 1.82) is 0 Å². The minimum absolute atomic E-state index is 0.0342. The molecule has 2 N–H and O–H groups in total. The summed E-state index contributed by atoms with van der Waals surface area (Å²) in [4.78, 5) is 24.5. The molecule has 1 amide bonds. The summed E-state index contributed by atoms with van der Waals surface area (Å²) in [6.45, 7) is 4.96. The molecule has 140 valence electrons. The summed E-state index contributed by atoms with van der Waals surface area (Å²) in [7, 11) is 0. The molecule has 26 heavy (non-hydrogen) atoms. The highest BCUT2D eigenvalue weighted by Crippen LogP contribution is 2.23. The molecule has 3 unspecified atom stereocenters. The topological polar surface area (TPSA) is 89.0 Å². The van der Waals surface area contributed by atoms with Gasteiger partial charge < -0.3 is 10.1 Å². The summed E-state index contributed by atoms with van der Waals surface area (Å²) in [5.74, 6) is -0.0922. The number of nitrogens with zero attached hydrogens (tertiary/aromatic N) is 2. The molecule has 0 saturated carbocycles. The van der Waals surface area contributed by atoms with Gasteiger partial charge in [-0.05, 0) is 32.3 Å². The van der Waals surface area contributed by atoms with E-state index in [4.69, 9.17) is 4.74 Å². The van der Waals surface area contributed by atoms with Crippen LogP contribution in [0.25, 0.3) is 0 Å². The Kier molecular flexibility index (Phi) is 6.16. The second kappa shape index (κ2) is 8.55. The number of carbonyl (C=O) groups excluding carboxylic acids is 1. The Morgan fingerprint density at radius 1 is 1.42 bits per heavy atom. The second-order valence-corrected chi connectivity index (χ2v) is 7.77. The molecule has 0 spiro atoms. The molecule has 0 aliphatic carbocycles. The van der Waals surface area contributed by atoms with Crippen LogP contribution in [0.3, 0.4) is 0 Å². The fraction of sp³-hybridized carbons (Fsp3) is 0.500. The van der Waals surface area contributed by atoms with Crippen molar-refractivity contribution in [3.05, 3.63) is 46.4 Å². The monoisotopic (exact) mass is 376 g/mol. The Morgan fingerprint density at radius 2 is 2.19 bits per heavy atom. The average molecular weight is 376 g/mol. The number of aromatic amines is 1. The first kappa shape index (κ1) is 18.7. The van der Waals surface area contributed by atoms with Gasteiger partial charge in [0.1, 0.15) is 0 Å². The molecular formula is C18H24N4O3S. The summed E-state index contributed by atoms with van der Waals surface area (Å²) >= 11 is 1.27. The van der Waals surface area contributed by atoms with Crippen molar-refractivity contribution in [2.45, 2.75) is 55.8 Å². The quantitative estimate of drug-likeness (QED) is 0.723. The molecule has 2 aromatic rings. The van der Waals surface area contributed by atoms with Gasteiger partial charge in [-0.3, -0.25) is 9.36 Å². The minimum Gasteiger partial charge on any atom is -0.376 e. The lowest BCUT2D eigenvalue weighted by Gasteiger charge is -2.18. The third-order valence-electron chi connectivity index (χ3n) is 4.44. The van der Waals surface area contributed by atoms with E-state index in [1.807, 2.05) is 44.2 Å². The van der Waals surface area contributed by atoms with E-state index in [1.165, 1.54) is 11.8 Å². The van der Waals surface area contributed by atoms with Crippen LogP contribution >= 0.6 is 11.8 Å². The number of nitrogens with one attached hydrogen (secondary N) is 2. The predicted octanol–water partition coefficient (Wildman–Crippen LogP) is 2.11. The van der Waals surface area contributed by atoms with Crippen LogP contribution in [0, 0.1) is 0 Å². The number of thioether (sulfide) groups is 1. The largest absolute Gasteiger partial charge is 0.376 e. The van der Waals surface area contributed by atoms with Crippen LogP contribution in [0.2, 0.25) is 0 Å². The van der Waals surface area contributed by atoms with E-state index < -0.39 is 0 Å². The van der Waals surface area contributed by atoms with Crippen molar-refractivity contribution in [2.24, 2.45) is 0 Å². The zero-order chi connectivity index (χ0) is 18.5. The molecule has 1 aromatic carbocycles. The number of hydrogen-bond acceptors (Lipinski definition) is 5. The number of H-pyrrole nitrogens is 1. The summed E-state index contributed by atoms with van der Waals surface area (Å²) < 4.78 is 7.16. The van der Waals surface area contributed by atoms with E-state index in [1.54, 1.807) is 4.57 Å². The summed E-state index contributed by atoms with van der Waals surface area (Å²) in [5, 5.41) is 9.69. The van der Waals surface area contributed by atoms with E-state index >= 15 is 0 Å². The van der Waals surface area contributed by atoms with Gasteiger partial charge in [0.25, 0.3) is 0 Å². The van der Waals surface area contributed by atoms with Gasteiger partial charge in [-0.2, -0.15) is 0 Å². The van der Waals surface area contributed by atoms with Crippen LogP contribution in [-0.2, 0) is 16.1 Å². The van der Waals surface area contributed by atoms with Crippen LogP contribution in [0.5, 0.6) is 0 Å². The highest BCUT2D eigenvalue weighted by molar-refractivity contribution is 8.00. The summed E-state index contributed by atoms with van der Waals surface area (Å²) in [6.07, 6.45) is 1.98. The Balaban J connectivity index is 1.61. The zero-order valence-electron chi connectivity index (χ0n) is 15.0. The van der Waals surface area contributed by atoms with Gasteiger partial charge in [0.2, 0.25) is 5.91 Å². The lowest BCUT2D eigenvalue weighted by atomic mass is 10.1. The number of aromatic nitrogens is 3. The molecule has 0 radical (unpaired) electrons. The number of amides is 1. The Hall–Kier alpha value is -2.06. The molecule has 1 aliphatic heterocycles. The average Bonchev–Trinajstić information content (AvgIpc) is 3.28. The molecule has 0 bridgehead atoms. The molecule has 1 aromatic heterocycles. The first-order valence-electron chi connectivity index (χ1n) is 8.83. The number of ether oxygens (including phenoxy) is 1. The third-order valence-corrected chi connectivity index (χ3v) is 5.53. The van der Waals surface area contributed by atoms with E-state index in [-0.39, 0.29) is 29.0 Å². The van der Waals surface area contributed by atoms with E-state index in [0.717, 1.165) is 25.0 Å². The molecule has 1 aliphatic rings. The number of benzene rings is 1. The van der Waals surface area contributed by atoms with Crippen LogP contribution in [0.1, 0.15) is 38.3 Å². The maximum Gasteiger partial charge on any atom is 0.344 e. The van der Waals surface area contributed by atoms with Gasteiger partial charge in [0, 0.05) is 6.61 Å². The van der Waals surface area contributed by atoms with Crippen molar-refractivity contribution in [1.82, 2.24) is 20.1 Å². The van der Waals surface area contributed by atoms with Crippen molar-refractivity contribution in [3.8, 4) is 0 Å². The molecule has 3 rings (SSSR count). The molecule has 1 fully saturated rings. The minimum atomic E-state index is -0.375. The van der Waals surface area contributed by atoms with E-state index in [0.29, 0.717) is 11.7 Å². The van der Waals surface area contributed by atoms with Crippen LogP contribution in [-0.4, -0.2) is 38.6 Å². The van der Waals surface area contributed by atoms with Gasteiger partial charge in [0.15, 0.2) is 5.16 Å². The number of rotatable bonds is 7. The zero-order valence-corrected chi connectivity index (χ0v) is 15.8. The highest BCUT2D eigenvalue weighted by Gasteiger charge is 2.23. The fourth-order valence-electron chi connectivity index (χ4n) is 2.91. The predicted molar refractivity (Wildman–Crippen MR) is 100 cm³/mol. The molecular weight excluding hydrogens is 352 g/mol. The lowest BCUT2D eigenvalue weighted by Crippen LogP contribution is -2.33. The van der Waals surface area contributed by atoms with Gasteiger partial charge in [-0.15, -0.1) is 5.10 Å². The van der Waals surface area contributed by atoms with Gasteiger partial charge in [-0.25, -0.2) is 9.89 Å². The smallest absolute Gasteiger partial charge is 0.344 e. The first-order chi connectivity index (χ1) is 12.5. The highest BCUT2D eigenvalue weighted by atomic mass is 32.2. The van der Waals surface area contributed by atoms with E-state index in [9.17, 15) is 9.59 Å². The van der Waals surface area contributed by atoms with Gasteiger partial charge >= 0.3 is 5.69 Å². The van der Waals surface area contributed by atoms with Crippen molar-refractivity contribution in [3.63, 3.8) is 0 Å². The van der Waals surface area contributed by atoms with Crippen LogP contribution in [0.4, 0.5) is 0 Å². The fourth-order valence-corrected chi connectivity index (χ4v) is 3.79. The number of carbonyl (C=O) groups is 1. The van der Waals surface area contributed by atoms with Crippen molar-refractivity contribution in [2.75, 3.05) is 6.61 Å². The molecule has 7 nitrogen and oxygen atoms in total. The molecule has 8 heteroatoms. The summed E-state index contributed by atoms with van der Waals surface area (Å²) in [5.41, 5.74) is 0.779. The standard InChI is InChI=1S/C18H24N4O3S/c1-12(14-7-4-3-5-8-14)19-16(23)13(2)26-18-21-20-17(24)22(18)11-15-9-6-10-25-15/h3-5,7-8,12-13,15H,6,9-11H2,1-2H3,(H,19,23)(H,20,24). The van der Waals surface area contributed by atoms with Crippen LogP contribution < -0.4 is 11.0 Å². The molecule has 1 saturated heterocycles. The van der Waals surface area contributed by atoms with E-state index in [2.05, 4.69) is 15.5 Å². The SMILES string of the molecule is CC(Sc1n[nH]c(=O)n1CC1CCCO1)C(=O)NC(C)c1ccccc1. The lowest BCUT2D eigenvalue weighted by molar-refractivity contribution is -0.120. The van der Waals surface area contributed by atoms with Gasteiger partial charge in [-0.1, -0.05) is 42.1 Å². The normalized spacial score (nSPS) is 19.2. The first-order valence-corrected chi connectivity index (χ1v) is 9.71. The van der Waals surface area contributed by atoms with Crippen molar-refractivity contribution < 1.29 is 9.53 Å². The number of hydrogen-bond donors (Lipinski definition) is 2.